The molecule has 0 radical (unpaired) electrons. The van der Waals surface area contributed by atoms with Gasteiger partial charge in [-0.2, -0.15) is 0 Å². The third kappa shape index (κ3) is 3.21. The number of hydrogen-bond donors (Lipinski definition) is 1. The summed E-state index contributed by atoms with van der Waals surface area (Å²) in [5, 5.41) is 3.26. The van der Waals surface area contributed by atoms with Gasteiger partial charge in [0.05, 0.1) is 12.8 Å². The molecule has 0 saturated carbocycles. The zero-order chi connectivity index (χ0) is 18.1. The molecule has 2 amide bonds. The van der Waals surface area contributed by atoms with Gasteiger partial charge in [-0.25, -0.2) is 4.90 Å². The Hall–Kier alpha value is -2.50. The molecule has 1 N–H and O–H groups in total. The summed E-state index contributed by atoms with van der Waals surface area (Å²) in [6.45, 7) is 1.86. The van der Waals surface area contributed by atoms with Crippen molar-refractivity contribution in [1.29, 1.82) is 0 Å². The van der Waals surface area contributed by atoms with Crippen molar-refractivity contribution in [2.75, 3.05) is 17.3 Å². The van der Waals surface area contributed by atoms with Gasteiger partial charge in [-0.3, -0.25) is 9.59 Å². The molecule has 25 heavy (non-hydrogen) atoms. The molecule has 3 rings (SSSR count). The molecule has 7 heteroatoms. The minimum Gasteiger partial charge on any atom is -0.497 e. The molecule has 128 valence electrons. The number of methoxy groups -OCH3 is 1. The number of anilines is 2. The fourth-order valence-electron chi connectivity index (χ4n) is 2.46. The van der Waals surface area contributed by atoms with E-state index in [0.717, 1.165) is 10.5 Å². The van der Waals surface area contributed by atoms with Gasteiger partial charge in [0.2, 0.25) is 0 Å². The van der Waals surface area contributed by atoms with Crippen LogP contribution in [0.2, 0.25) is 5.02 Å². The number of nitrogens with zero attached hydrogens (tertiary/aromatic N) is 1. The van der Waals surface area contributed by atoms with Crippen LogP contribution in [0.4, 0.5) is 11.4 Å². The Bertz CT molecular complexity index is 909. The predicted octanol–water partition coefficient (Wildman–Crippen LogP) is 4.09. The Morgan fingerprint density at radius 1 is 1.04 bits per heavy atom. The van der Waals surface area contributed by atoms with Gasteiger partial charge >= 0.3 is 0 Å². The number of ether oxygens (including phenoxy) is 1. The SMILES string of the molecule is COc1cccc(N2C(=O)C(Cl)=C(Nc3cc(Cl)ccc3C)C2=O)c1. The summed E-state index contributed by atoms with van der Waals surface area (Å²) in [5.74, 6) is -0.606. The van der Waals surface area contributed by atoms with Crippen molar-refractivity contribution >= 4 is 46.4 Å². The predicted molar refractivity (Wildman–Crippen MR) is 98.2 cm³/mol. The van der Waals surface area contributed by atoms with E-state index in [9.17, 15) is 9.59 Å². The zero-order valence-electron chi connectivity index (χ0n) is 13.5. The van der Waals surface area contributed by atoms with E-state index in [4.69, 9.17) is 27.9 Å². The van der Waals surface area contributed by atoms with E-state index in [-0.39, 0.29) is 10.7 Å². The van der Waals surface area contributed by atoms with Crippen molar-refractivity contribution in [1.82, 2.24) is 0 Å². The van der Waals surface area contributed by atoms with Crippen LogP contribution in [0.25, 0.3) is 0 Å². The highest BCUT2D eigenvalue weighted by Gasteiger charge is 2.39. The van der Waals surface area contributed by atoms with Gasteiger partial charge in [0, 0.05) is 16.8 Å². The molecule has 0 bridgehead atoms. The lowest BCUT2D eigenvalue weighted by molar-refractivity contribution is -0.120. The maximum absolute atomic E-state index is 12.8. The number of amides is 2. The molecule has 1 heterocycles. The number of rotatable bonds is 4. The number of aryl methyl sites for hydroxylation is 1. The molecule has 2 aromatic rings. The van der Waals surface area contributed by atoms with Crippen molar-refractivity contribution in [2.45, 2.75) is 6.92 Å². The highest BCUT2D eigenvalue weighted by Crippen LogP contribution is 2.32. The van der Waals surface area contributed by atoms with Crippen LogP contribution < -0.4 is 15.0 Å². The third-order valence-corrected chi connectivity index (χ3v) is 4.38. The molecule has 2 aromatic carbocycles. The molecule has 0 fully saturated rings. The minimum atomic E-state index is -0.595. The Balaban J connectivity index is 1.95. The van der Waals surface area contributed by atoms with Crippen LogP contribution >= 0.6 is 23.2 Å². The average molecular weight is 377 g/mol. The number of benzene rings is 2. The maximum Gasteiger partial charge on any atom is 0.283 e. The van der Waals surface area contributed by atoms with Crippen LogP contribution in [0, 0.1) is 6.92 Å². The van der Waals surface area contributed by atoms with Crippen molar-refractivity contribution in [2.24, 2.45) is 0 Å². The molecule has 0 aromatic heterocycles. The molecule has 0 spiro atoms. The first-order valence-electron chi connectivity index (χ1n) is 7.38. The number of halogens is 2. The third-order valence-electron chi connectivity index (χ3n) is 3.80. The standard InChI is InChI=1S/C18H14Cl2N2O3/c1-10-6-7-11(19)8-14(10)21-16-15(20)17(23)22(18(16)24)12-4-3-5-13(9-12)25-2/h3-9,21H,1-2H3. The normalized spacial score (nSPS) is 14.3. The van der Waals surface area contributed by atoms with Crippen LogP contribution in [0.15, 0.2) is 53.2 Å². The van der Waals surface area contributed by atoms with Crippen LogP contribution in [-0.4, -0.2) is 18.9 Å². The van der Waals surface area contributed by atoms with Gasteiger partial charge in [-0.05, 0) is 36.8 Å². The van der Waals surface area contributed by atoms with Gasteiger partial charge in [-0.1, -0.05) is 35.3 Å². The lowest BCUT2D eigenvalue weighted by atomic mass is 10.2. The second-order valence-electron chi connectivity index (χ2n) is 5.42. The van der Waals surface area contributed by atoms with Crippen LogP contribution in [0.5, 0.6) is 5.75 Å². The molecule has 5 nitrogen and oxygen atoms in total. The Morgan fingerprint density at radius 2 is 1.80 bits per heavy atom. The quantitative estimate of drug-likeness (QED) is 0.816. The lowest BCUT2D eigenvalue weighted by Crippen LogP contribution is -2.32. The highest BCUT2D eigenvalue weighted by atomic mass is 35.5. The van der Waals surface area contributed by atoms with E-state index in [1.807, 2.05) is 6.92 Å². The number of imide groups is 1. The Kier molecular flexibility index (Phi) is 4.70. The Labute approximate surface area is 154 Å². The second-order valence-corrected chi connectivity index (χ2v) is 6.23. The molecule has 1 aliphatic rings. The van der Waals surface area contributed by atoms with E-state index in [1.54, 1.807) is 42.5 Å². The van der Waals surface area contributed by atoms with Crippen molar-refractivity contribution in [3.8, 4) is 5.75 Å². The number of hydrogen-bond acceptors (Lipinski definition) is 4. The number of carbonyl (C=O) groups is 2. The van der Waals surface area contributed by atoms with E-state index in [0.29, 0.717) is 22.1 Å². The van der Waals surface area contributed by atoms with Gasteiger partial charge < -0.3 is 10.1 Å². The molecular formula is C18H14Cl2N2O3. The molecule has 0 saturated heterocycles. The molecule has 0 aliphatic carbocycles. The minimum absolute atomic E-state index is 0.0138. The summed E-state index contributed by atoms with van der Waals surface area (Å²) >= 11 is 12.1. The van der Waals surface area contributed by atoms with Crippen molar-refractivity contribution in [3.05, 3.63) is 63.8 Å². The summed E-state index contributed by atoms with van der Waals surface area (Å²) in [6, 6.07) is 11.8. The number of nitrogens with one attached hydrogen (secondary N) is 1. The summed E-state index contributed by atoms with van der Waals surface area (Å²) < 4.78 is 5.14. The second kappa shape index (κ2) is 6.78. The van der Waals surface area contributed by atoms with E-state index in [1.165, 1.54) is 7.11 Å². The first kappa shape index (κ1) is 17.3. The van der Waals surface area contributed by atoms with Crippen LogP contribution in [0.1, 0.15) is 5.56 Å². The van der Waals surface area contributed by atoms with Gasteiger partial charge in [0.25, 0.3) is 11.8 Å². The first-order valence-corrected chi connectivity index (χ1v) is 8.13. The van der Waals surface area contributed by atoms with E-state index >= 15 is 0 Å². The topological polar surface area (TPSA) is 58.6 Å². The van der Waals surface area contributed by atoms with Gasteiger partial charge in [0.15, 0.2) is 0 Å². The monoisotopic (exact) mass is 376 g/mol. The van der Waals surface area contributed by atoms with Gasteiger partial charge in [-0.15, -0.1) is 0 Å². The van der Waals surface area contributed by atoms with E-state index in [2.05, 4.69) is 5.32 Å². The zero-order valence-corrected chi connectivity index (χ0v) is 15.0. The van der Waals surface area contributed by atoms with Crippen molar-refractivity contribution in [3.63, 3.8) is 0 Å². The maximum atomic E-state index is 12.8. The first-order chi connectivity index (χ1) is 11.9. The summed E-state index contributed by atoms with van der Waals surface area (Å²) in [7, 11) is 1.51. The smallest absolute Gasteiger partial charge is 0.283 e. The van der Waals surface area contributed by atoms with E-state index < -0.39 is 11.8 Å². The van der Waals surface area contributed by atoms with Crippen LogP contribution in [0.3, 0.4) is 0 Å². The summed E-state index contributed by atoms with van der Waals surface area (Å²) in [5.41, 5.74) is 1.86. The van der Waals surface area contributed by atoms with Gasteiger partial charge in [0.1, 0.15) is 16.5 Å². The summed E-state index contributed by atoms with van der Waals surface area (Å²) in [6.07, 6.45) is 0. The average Bonchev–Trinajstić information content (AvgIpc) is 2.81. The molecule has 0 atom stereocenters. The van der Waals surface area contributed by atoms with Crippen molar-refractivity contribution < 1.29 is 14.3 Å². The molecular weight excluding hydrogens is 363 g/mol. The largest absolute Gasteiger partial charge is 0.497 e. The number of carbonyl (C=O) groups excluding carboxylic acids is 2. The Morgan fingerprint density at radius 3 is 2.52 bits per heavy atom. The highest BCUT2D eigenvalue weighted by molar-refractivity contribution is 6.53. The fraction of sp³-hybridized carbons (Fsp3) is 0.111. The lowest BCUT2D eigenvalue weighted by Gasteiger charge is -2.16. The molecule has 1 aliphatic heterocycles. The fourth-order valence-corrected chi connectivity index (χ4v) is 2.84. The van der Waals surface area contributed by atoms with Crippen LogP contribution in [-0.2, 0) is 9.59 Å². The summed E-state index contributed by atoms with van der Waals surface area (Å²) in [4.78, 5) is 26.2. The molecule has 0 unspecified atom stereocenters.